The molecule has 1 aromatic carbocycles. The second kappa shape index (κ2) is 5.14. The Morgan fingerprint density at radius 3 is 2.62 bits per heavy atom. The monoisotopic (exact) mass is 244 g/mol. The first kappa shape index (κ1) is 12.7. The quantitative estimate of drug-likeness (QED) is 0.649. The van der Waals surface area contributed by atoms with Crippen LogP contribution in [0, 0.1) is 17.0 Å². The molecule has 1 saturated heterocycles. The number of nitro benzene ring substituents is 1. The average Bonchev–Trinajstić information content (AvgIpc) is 2.11. The molecule has 88 valence electrons. The van der Waals surface area contributed by atoms with E-state index in [1.165, 1.54) is 6.07 Å². The number of nitrogens with zero attached hydrogens (tertiary/aromatic N) is 1. The van der Waals surface area contributed by atoms with Gasteiger partial charge in [0.1, 0.15) is 11.9 Å². The third kappa shape index (κ3) is 2.62. The summed E-state index contributed by atoms with van der Waals surface area (Å²) < 4.78 is 5.58. The molecule has 1 fully saturated rings. The second-order valence-corrected chi connectivity index (χ2v) is 3.60. The van der Waals surface area contributed by atoms with Crippen LogP contribution in [0.15, 0.2) is 18.2 Å². The molecule has 6 heteroatoms. The molecule has 0 bridgehead atoms. The topological polar surface area (TPSA) is 64.4 Å². The van der Waals surface area contributed by atoms with Gasteiger partial charge in [0.25, 0.3) is 5.69 Å². The van der Waals surface area contributed by atoms with Crippen LogP contribution in [-0.4, -0.2) is 24.1 Å². The average molecular weight is 245 g/mol. The molecule has 1 aliphatic rings. The summed E-state index contributed by atoms with van der Waals surface area (Å²) >= 11 is 0. The van der Waals surface area contributed by atoms with Crippen LogP contribution in [0.3, 0.4) is 0 Å². The first-order valence-corrected chi connectivity index (χ1v) is 4.79. The molecule has 5 nitrogen and oxygen atoms in total. The molecule has 1 aromatic rings. The summed E-state index contributed by atoms with van der Waals surface area (Å²) in [5, 5.41) is 13.7. The number of nitro groups is 1. The Labute approximate surface area is 99.4 Å². The highest BCUT2D eigenvalue weighted by Crippen LogP contribution is 2.24. The normalized spacial score (nSPS) is 14.8. The Hall–Kier alpha value is -1.33. The maximum atomic E-state index is 10.6. The molecule has 0 saturated carbocycles. The molecule has 0 atom stereocenters. The van der Waals surface area contributed by atoms with Crippen LogP contribution in [0.25, 0.3) is 0 Å². The van der Waals surface area contributed by atoms with Gasteiger partial charge < -0.3 is 10.1 Å². The van der Waals surface area contributed by atoms with Gasteiger partial charge in [-0.25, -0.2) is 0 Å². The van der Waals surface area contributed by atoms with E-state index in [1.54, 1.807) is 19.1 Å². The minimum Gasteiger partial charge on any atom is -0.488 e. The first-order valence-electron chi connectivity index (χ1n) is 4.79. The van der Waals surface area contributed by atoms with E-state index in [2.05, 4.69) is 5.32 Å². The van der Waals surface area contributed by atoms with Crippen LogP contribution in [0.4, 0.5) is 5.69 Å². The Bertz CT molecular complexity index is 394. The van der Waals surface area contributed by atoms with Crippen molar-refractivity contribution in [3.8, 4) is 5.75 Å². The van der Waals surface area contributed by atoms with Crippen molar-refractivity contribution >= 4 is 18.1 Å². The maximum Gasteiger partial charge on any atom is 0.272 e. The van der Waals surface area contributed by atoms with Crippen LogP contribution >= 0.6 is 12.4 Å². The van der Waals surface area contributed by atoms with Crippen LogP contribution in [0.2, 0.25) is 0 Å². The lowest BCUT2D eigenvalue weighted by molar-refractivity contribution is -0.385. The molecule has 0 aromatic heterocycles. The zero-order valence-corrected chi connectivity index (χ0v) is 9.62. The molecule has 16 heavy (non-hydrogen) atoms. The van der Waals surface area contributed by atoms with Gasteiger partial charge in [0.15, 0.2) is 0 Å². The Morgan fingerprint density at radius 1 is 1.50 bits per heavy atom. The zero-order valence-electron chi connectivity index (χ0n) is 8.80. The van der Waals surface area contributed by atoms with E-state index in [-0.39, 0.29) is 29.1 Å². The summed E-state index contributed by atoms with van der Waals surface area (Å²) in [6, 6.07) is 4.83. The van der Waals surface area contributed by atoms with Gasteiger partial charge in [-0.1, -0.05) is 0 Å². The van der Waals surface area contributed by atoms with Crippen molar-refractivity contribution in [1.29, 1.82) is 0 Å². The van der Waals surface area contributed by atoms with E-state index in [4.69, 9.17) is 4.74 Å². The van der Waals surface area contributed by atoms with E-state index in [1.807, 2.05) is 0 Å². The van der Waals surface area contributed by atoms with Gasteiger partial charge in [0.05, 0.1) is 4.92 Å². The predicted molar refractivity (Wildman–Crippen MR) is 62.4 cm³/mol. The van der Waals surface area contributed by atoms with Gasteiger partial charge in [-0.15, -0.1) is 12.4 Å². The smallest absolute Gasteiger partial charge is 0.272 e. The van der Waals surface area contributed by atoms with Gasteiger partial charge >= 0.3 is 0 Å². The van der Waals surface area contributed by atoms with Crippen molar-refractivity contribution in [2.45, 2.75) is 13.0 Å². The molecule has 0 unspecified atom stereocenters. The Morgan fingerprint density at radius 2 is 2.19 bits per heavy atom. The van der Waals surface area contributed by atoms with Crippen LogP contribution < -0.4 is 10.1 Å². The highest BCUT2D eigenvalue weighted by molar-refractivity contribution is 5.85. The molecular weight excluding hydrogens is 232 g/mol. The molecule has 0 amide bonds. The lowest BCUT2D eigenvalue weighted by Gasteiger charge is -2.27. The Balaban J connectivity index is 0.00000128. The van der Waals surface area contributed by atoms with E-state index in [9.17, 15) is 10.1 Å². The summed E-state index contributed by atoms with van der Waals surface area (Å²) in [6.45, 7) is 3.40. The lowest BCUT2D eigenvalue weighted by atomic mass is 10.2. The number of hydrogen-bond acceptors (Lipinski definition) is 4. The minimum atomic E-state index is -0.385. The van der Waals surface area contributed by atoms with Crippen LogP contribution in [0.1, 0.15) is 5.56 Å². The second-order valence-electron chi connectivity index (χ2n) is 3.60. The molecule has 2 rings (SSSR count). The van der Waals surface area contributed by atoms with Gasteiger partial charge in [0.2, 0.25) is 0 Å². The van der Waals surface area contributed by atoms with Crippen LogP contribution in [-0.2, 0) is 0 Å². The minimum absolute atomic E-state index is 0. The largest absolute Gasteiger partial charge is 0.488 e. The standard InChI is InChI=1S/C10H12N2O3.ClH/c1-7-4-8(15-9-5-11-6-9)2-3-10(7)12(13)14;/h2-4,9,11H,5-6H2,1H3;1H. The SMILES string of the molecule is Cc1cc(OC2CNC2)ccc1[N+](=O)[O-].Cl. The summed E-state index contributed by atoms with van der Waals surface area (Å²) in [7, 11) is 0. The molecule has 0 spiro atoms. The van der Waals surface area contributed by atoms with Gasteiger partial charge in [-0.3, -0.25) is 10.1 Å². The van der Waals surface area contributed by atoms with Crippen molar-refractivity contribution in [3.05, 3.63) is 33.9 Å². The molecule has 1 heterocycles. The number of ether oxygens (including phenoxy) is 1. The zero-order chi connectivity index (χ0) is 10.8. The fraction of sp³-hybridized carbons (Fsp3) is 0.400. The summed E-state index contributed by atoms with van der Waals surface area (Å²) in [5.41, 5.74) is 0.763. The van der Waals surface area contributed by atoms with E-state index < -0.39 is 0 Å². The van der Waals surface area contributed by atoms with Gasteiger partial charge in [0, 0.05) is 24.7 Å². The van der Waals surface area contributed by atoms with Gasteiger partial charge in [-0.05, 0) is 19.1 Å². The molecule has 1 aliphatic heterocycles. The number of nitrogens with one attached hydrogen (secondary N) is 1. The van der Waals surface area contributed by atoms with Crippen molar-refractivity contribution in [1.82, 2.24) is 5.32 Å². The summed E-state index contributed by atoms with van der Waals surface area (Å²) in [6.07, 6.45) is 0.200. The maximum absolute atomic E-state index is 10.6. The number of benzene rings is 1. The number of aryl methyl sites for hydroxylation is 1. The van der Waals surface area contributed by atoms with Crippen LogP contribution in [0.5, 0.6) is 5.75 Å². The third-order valence-electron chi connectivity index (χ3n) is 2.41. The predicted octanol–water partition coefficient (Wildman–Crippen LogP) is 1.68. The Kier molecular flexibility index (Phi) is 4.09. The van der Waals surface area contributed by atoms with Crippen molar-refractivity contribution < 1.29 is 9.66 Å². The van der Waals surface area contributed by atoms with Crippen molar-refractivity contribution in [2.24, 2.45) is 0 Å². The highest BCUT2D eigenvalue weighted by Gasteiger charge is 2.19. The van der Waals surface area contributed by atoms with Crippen molar-refractivity contribution in [3.63, 3.8) is 0 Å². The van der Waals surface area contributed by atoms with Gasteiger partial charge in [-0.2, -0.15) is 0 Å². The number of rotatable bonds is 3. The first-order chi connectivity index (χ1) is 7.16. The summed E-state index contributed by atoms with van der Waals surface area (Å²) in [5.74, 6) is 0.699. The lowest BCUT2D eigenvalue weighted by Crippen LogP contribution is -2.50. The molecular formula is C10H13ClN2O3. The fourth-order valence-electron chi connectivity index (χ4n) is 1.44. The molecule has 0 radical (unpaired) electrons. The fourth-order valence-corrected chi connectivity index (χ4v) is 1.44. The third-order valence-corrected chi connectivity index (χ3v) is 2.41. The molecule has 1 N–H and O–H groups in total. The molecule has 0 aliphatic carbocycles. The van der Waals surface area contributed by atoms with E-state index in [0.717, 1.165) is 13.1 Å². The van der Waals surface area contributed by atoms with E-state index >= 15 is 0 Å². The van der Waals surface area contributed by atoms with Crippen molar-refractivity contribution in [2.75, 3.05) is 13.1 Å². The number of halogens is 1. The van der Waals surface area contributed by atoms with E-state index in [0.29, 0.717) is 11.3 Å². The summed E-state index contributed by atoms with van der Waals surface area (Å²) in [4.78, 5) is 10.2. The highest BCUT2D eigenvalue weighted by atomic mass is 35.5. The number of hydrogen-bond donors (Lipinski definition) is 1.